The summed E-state index contributed by atoms with van der Waals surface area (Å²) in [7, 11) is 0. The van der Waals surface area contributed by atoms with Crippen molar-refractivity contribution in [2.75, 3.05) is 5.43 Å². The monoisotopic (exact) mass is 709 g/mol. The Bertz CT molecular complexity index is 2970. The Labute approximate surface area is 320 Å². The van der Waals surface area contributed by atoms with Gasteiger partial charge in [-0.05, 0) is 88.7 Å². The van der Waals surface area contributed by atoms with Crippen molar-refractivity contribution in [1.82, 2.24) is 9.24 Å². The van der Waals surface area contributed by atoms with Gasteiger partial charge in [0.1, 0.15) is 6.26 Å². The highest BCUT2D eigenvalue weighted by Gasteiger charge is 2.16. The topological polar surface area (TPSA) is 35.0 Å². The summed E-state index contributed by atoms with van der Waals surface area (Å²) in [5.74, 6) is 0.389. The first-order valence-electron chi connectivity index (χ1n) is 19.0. The zero-order valence-corrected chi connectivity index (χ0v) is 30.6. The fourth-order valence-corrected chi connectivity index (χ4v) is 8.30. The minimum absolute atomic E-state index is 0.389. The van der Waals surface area contributed by atoms with Crippen LogP contribution in [-0.4, -0.2) is 9.24 Å². The van der Waals surface area contributed by atoms with Gasteiger partial charge < -0.3 is 14.4 Å². The van der Waals surface area contributed by atoms with Gasteiger partial charge in [0.15, 0.2) is 0 Å². The molecule has 1 aliphatic carbocycles. The molecule has 264 valence electrons. The minimum Gasteiger partial charge on any atom is -0.470 e. The first-order valence-corrected chi connectivity index (χ1v) is 19.0. The fraction of sp³-hybridized carbons (Fsp3) is 0.0588. The van der Waals surface area contributed by atoms with Crippen molar-refractivity contribution in [3.05, 3.63) is 211 Å². The van der Waals surface area contributed by atoms with Crippen LogP contribution in [0.4, 0.5) is 0 Å². The molecule has 3 heterocycles. The average molecular weight is 710 g/mol. The predicted molar refractivity (Wildman–Crippen MR) is 231 cm³/mol. The molecule has 0 saturated heterocycles. The summed E-state index contributed by atoms with van der Waals surface area (Å²) in [6, 6.07) is 52.4. The van der Waals surface area contributed by atoms with Crippen LogP contribution in [0.5, 0.6) is 0 Å². The van der Waals surface area contributed by atoms with E-state index in [9.17, 15) is 0 Å². The molecule has 0 radical (unpaired) electrons. The average Bonchev–Trinajstić information content (AvgIpc) is 3.98. The van der Waals surface area contributed by atoms with E-state index in [2.05, 4.69) is 191 Å². The number of para-hydroxylation sites is 2. The van der Waals surface area contributed by atoms with Gasteiger partial charge in [-0.2, -0.15) is 0 Å². The third kappa shape index (κ3) is 5.80. The number of aromatic nitrogens is 2. The van der Waals surface area contributed by atoms with Gasteiger partial charge in [0, 0.05) is 39.7 Å². The molecular formula is C51H39N3O. The second kappa shape index (κ2) is 13.7. The van der Waals surface area contributed by atoms with Crippen molar-refractivity contribution in [3.63, 3.8) is 0 Å². The molecule has 9 aromatic rings. The van der Waals surface area contributed by atoms with Crippen LogP contribution in [0.3, 0.4) is 0 Å². The number of nitrogens with one attached hydrogen (secondary N) is 1. The molecule has 0 saturated carbocycles. The van der Waals surface area contributed by atoms with Crippen LogP contribution in [0.15, 0.2) is 199 Å². The van der Waals surface area contributed by atoms with Gasteiger partial charge >= 0.3 is 0 Å². The second-order valence-corrected chi connectivity index (χ2v) is 14.2. The number of allylic oxidation sites excluding steroid dienone is 7. The van der Waals surface area contributed by atoms with Gasteiger partial charge in [-0.1, -0.05) is 133 Å². The number of hydrogen-bond acceptors (Lipinski definition) is 2. The Hall–Kier alpha value is -7.04. The maximum atomic E-state index is 5.51. The van der Waals surface area contributed by atoms with E-state index < -0.39 is 0 Å². The van der Waals surface area contributed by atoms with E-state index in [0.29, 0.717) is 5.92 Å². The van der Waals surface area contributed by atoms with Crippen molar-refractivity contribution in [3.8, 4) is 16.8 Å². The molecule has 4 heteroatoms. The lowest BCUT2D eigenvalue weighted by molar-refractivity contribution is 0.566. The summed E-state index contributed by atoms with van der Waals surface area (Å²) >= 11 is 0. The van der Waals surface area contributed by atoms with Crippen molar-refractivity contribution in [2.45, 2.75) is 19.3 Å². The molecule has 0 aliphatic heterocycles. The maximum Gasteiger partial charge on any atom is 0.114 e. The standard InChI is InChI=1S/C51H39N3O/c1-2-35(37-16-18-39(19-17-37)40-22-20-38(21-23-40)36-10-4-3-5-11-36)28-30-52-54-49-15-9-7-13-45(49)47-32-41(25-27-50(47)54)42-24-26-46-44-12-6-8-14-48(44)53(51(46)33-42)43-29-31-55-34-43/h2-22,24-34,40,52H,23H2,1H3/b30-28-,35-2-. The van der Waals surface area contributed by atoms with E-state index in [-0.39, 0.29) is 0 Å². The SMILES string of the molecule is C/C=C(/C=C\Nn1c2ccccc2c2cc(-c3ccc4c5ccccc5n(-c5ccoc5)c4c3)ccc21)c1ccc(C2C=CC(c3ccccc3)=CC2)cc1. The highest BCUT2D eigenvalue weighted by molar-refractivity contribution is 6.12. The molecule has 4 nitrogen and oxygen atoms in total. The van der Waals surface area contributed by atoms with E-state index in [4.69, 9.17) is 4.42 Å². The normalized spacial score (nSPS) is 14.8. The number of benzene rings is 6. The fourth-order valence-electron chi connectivity index (χ4n) is 8.30. The zero-order chi connectivity index (χ0) is 36.7. The Morgan fingerprint density at radius 1 is 0.655 bits per heavy atom. The Morgan fingerprint density at radius 2 is 1.36 bits per heavy atom. The number of fused-ring (bicyclic) bond motifs is 6. The zero-order valence-electron chi connectivity index (χ0n) is 30.6. The lowest BCUT2D eigenvalue weighted by Crippen LogP contribution is -2.07. The molecule has 0 spiro atoms. The molecule has 6 aromatic carbocycles. The highest BCUT2D eigenvalue weighted by atomic mass is 16.3. The third-order valence-corrected chi connectivity index (χ3v) is 11.1. The van der Waals surface area contributed by atoms with E-state index in [1.165, 1.54) is 60.5 Å². The van der Waals surface area contributed by atoms with Gasteiger partial charge in [0.05, 0.1) is 34.0 Å². The third-order valence-electron chi connectivity index (χ3n) is 11.1. The summed E-state index contributed by atoms with van der Waals surface area (Å²) in [6.45, 7) is 2.10. The first kappa shape index (κ1) is 32.6. The largest absolute Gasteiger partial charge is 0.470 e. The van der Waals surface area contributed by atoms with E-state index in [0.717, 1.165) is 34.2 Å². The number of nitrogens with zero attached hydrogens (tertiary/aromatic N) is 2. The molecule has 1 unspecified atom stereocenters. The smallest absolute Gasteiger partial charge is 0.114 e. The Morgan fingerprint density at radius 3 is 2.13 bits per heavy atom. The molecule has 1 atom stereocenters. The summed E-state index contributed by atoms with van der Waals surface area (Å²) in [5, 5.41) is 4.86. The lowest BCUT2D eigenvalue weighted by Gasteiger charge is -2.17. The number of rotatable bonds is 8. The van der Waals surface area contributed by atoms with Gasteiger partial charge in [-0.15, -0.1) is 0 Å². The molecule has 0 amide bonds. The second-order valence-electron chi connectivity index (χ2n) is 14.2. The van der Waals surface area contributed by atoms with Crippen LogP contribution >= 0.6 is 0 Å². The van der Waals surface area contributed by atoms with Crippen LogP contribution in [0.25, 0.3) is 71.6 Å². The molecule has 1 aliphatic rings. The van der Waals surface area contributed by atoms with Gasteiger partial charge in [0.25, 0.3) is 0 Å². The van der Waals surface area contributed by atoms with Gasteiger partial charge in [-0.3, -0.25) is 4.68 Å². The highest BCUT2D eigenvalue weighted by Crippen LogP contribution is 2.37. The van der Waals surface area contributed by atoms with Crippen LogP contribution in [-0.2, 0) is 0 Å². The van der Waals surface area contributed by atoms with E-state index >= 15 is 0 Å². The predicted octanol–water partition coefficient (Wildman–Crippen LogP) is 13.4. The van der Waals surface area contributed by atoms with Crippen LogP contribution in [0.2, 0.25) is 0 Å². The summed E-state index contributed by atoms with van der Waals surface area (Å²) in [4.78, 5) is 0. The molecule has 0 bridgehead atoms. The van der Waals surface area contributed by atoms with Crippen LogP contribution in [0.1, 0.15) is 36.0 Å². The van der Waals surface area contributed by atoms with Crippen molar-refractivity contribution in [2.24, 2.45) is 0 Å². The first-order chi connectivity index (χ1) is 27.2. The Balaban J connectivity index is 0.922. The van der Waals surface area contributed by atoms with Crippen LogP contribution in [0, 0.1) is 0 Å². The molecule has 10 rings (SSSR count). The summed E-state index contributed by atoms with van der Waals surface area (Å²) < 4.78 is 9.99. The number of hydrogen-bond donors (Lipinski definition) is 1. The molecule has 0 fully saturated rings. The van der Waals surface area contributed by atoms with E-state index in [1.54, 1.807) is 6.26 Å². The molecular weight excluding hydrogens is 671 g/mol. The van der Waals surface area contributed by atoms with Gasteiger partial charge in [-0.25, -0.2) is 0 Å². The quantitative estimate of drug-likeness (QED) is 0.159. The van der Waals surface area contributed by atoms with E-state index in [1.807, 2.05) is 18.5 Å². The Kier molecular flexibility index (Phi) is 8.15. The summed E-state index contributed by atoms with van der Waals surface area (Å²) in [5.41, 5.74) is 17.8. The minimum atomic E-state index is 0.389. The lowest BCUT2D eigenvalue weighted by atomic mass is 9.87. The van der Waals surface area contributed by atoms with Crippen LogP contribution < -0.4 is 5.43 Å². The molecule has 1 N–H and O–H groups in total. The maximum absolute atomic E-state index is 5.51. The van der Waals surface area contributed by atoms with Crippen molar-refractivity contribution >= 4 is 54.8 Å². The summed E-state index contributed by atoms with van der Waals surface area (Å²) in [6.07, 6.45) is 17.9. The number of furan rings is 1. The molecule has 55 heavy (non-hydrogen) atoms. The van der Waals surface area contributed by atoms with Crippen molar-refractivity contribution in [1.29, 1.82) is 0 Å². The van der Waals surface area contributed by atoms with Crippen molar-refractivity contribution < 1.29 is 4.42 Å². The van der Waals surface area contributed by atoms with Gasteiger partial charge in [0.2, 0.25) is 0 Å². The molecule has 3 aromatic heterocycles.